The number of nitrogens with zero attached hydrogens (tertiary/aromatic N) is 4. The number of hydrogen-bond acceptors (Lipinski definition) is 4. The first-order valence-electron chi connectivity index (χ1n) is 22.3. The predicted molar refractivity (Wildman–Crippen MR) is 272 cm³/mol. The van der Waals surface area contributed by atoms with Crippen LogP contribution in [0.15, 0.2) is 223 Å². The molecule has 11 aromatic carbocycles. The zero-order valence-corrected chi connectivity index (χ0v) is 35.5. The molecule has 0 bridgehead atoms. The Kier molecular flexibility index (Phi) is 7.91. The first-order valence-corrected chi connectivity index (χ1v) is 22.3. The van der Waals surface area contributed by atoms with E-state index in [4.69, 9.17) is 19.4 Å². The van der Waals surface area contributed by atoms with Crippen LogP contribution >= 0.6 is 0 Å². The summed E-state index contributed by atoms with van der Waals surface area (Å²) in [5.41, 5.74) is 12.6. The van der Waals surface area contributed by atoms with Gasteiger partial charge in [0, 0.05) is 43.9 Å². The second-order valence-corrected chi connectivity index (χ2v) is 17.1. The minimum Gasteiger partial charge on any atom is -0.456 e. The van der Waals surface area contributed by atoms with Crippen molar-refractivity contribution in [3.63, 3.8) is 0 Å². The Morgan fingerprint density at radius 2 is 0.788 bits per heavy atom. The number of furan rings is 1. The van der Waals surface area contributed by atoms with Crippen LogP contribution in [0.2, 0.25) is 0 Å². The van der Waals surface area contributed by atoms with Gasteiger partial charge in [-0.2, -0.15) is 0 Å². The summed E-state index contributed by atoms with van der Waals surface area (Å²) in [6.07, 6.45) is 0. The lowest BCUT2D eigenvalue weighted by molar-refractivity contribution is 0.669. The quantitative estimate of drug-likeness (QED) is 0.157. The van der Waals surface area contributed by atoms with Gasteiger partial charge < -0.3 is 8.98 Å². The zero-order chi connectivity index (χ0) is 43.3. The van der Waals surface area contributed by atoms with Crippen molar-refractivity contribution in [1.82, 2.24) is 19.5 Å². The van der Waals surface area contributed by atoms with Crippen LogP contribution in [-0.4, -0.2) is 19.5 Å². The fourth-order valence-corrected chi connectivity index (χ4v) is 10.3. The Hall–Kier alpha value is -8.93. The molecule has 5 heteroatoms. The maximum absolute atomic E-state index is 6.32. The van der Waals surface area contributed by atoms with Crippen molar-refractivity contribution < 1.29 is 4.42 Å². The third kappa shape index (κ3) is 5.63. The molecule has 0 saturated carbocycles. The molecule has 66 heavy (non-hydrogen) atoms. The van der Waals surface area contributed by atoms with Gasteiger partial charge in [0.05, 0.1) is 11.0 Å². The minimum atomic E-state index is 0.624. The van der Waals surface area contributed by atoms with E-state index in [1.807, 2.05) is 48.5 Å². The van der Waals surface area contributed by atoms with Crippen molar-refractivity contribution in [3.8, 4) is 62.1 Å². The zero-order valence-electron chi connectivity index (χ0n) is 35.5. The number of aromatic nitrogens is 4. The van der Waals surface area contributed by atoms with Gasteiger partial charge in [0.2, 0.25) is 0 Å². The van der Waals surface area contributed by atoms with E-state index in [1.165, 1.54) is 54.1 Å². The molecule has 14 aromatic rings. The monoisotopic (exact) mass is 840 g/mol. The largest absolute Gasteiger partial charge is 0.456 e. The Morgan fingerprint density at radius 3 is 1.58 bits per heavy atom. The highest BCUT2D eigenvalue weighted by molar-refractivity contribution is 6.38. The van der Waals surface area contributed by atoms with Crippen LogP contribution in [0.25, 0.3) is 138 Å². The number of para-hydroxylation sites is 1. The highest BCUT2D eigenvalue weighted by atomic mass is 16.3. The minimum absolute atomic E-state index is 0.624. The molecular formula is C61H36N4O. The van der Waals surface area contributed by atoms with Crippen LogP contribution in [0.3, 0.4) is 0 Å². The molecule has 0 aliphatic rings. The summed E-state index contributed by atoms with van der Waals surface area (Å²) >= 11 is 0. The van der Waals surface area contributed by atoms with Gasteiger partial charge in [-0.3, -0.25) is 0 Å². The molecule has 0 spiro atoms. The maximum atomic E-state index is 6.32. The summed E-state index contributed by atoms with van der Waals surface area (Å²) < 4.78 is 8.73. The van der Waals surface area contributed by atoms with E-state index >= 15 is 0 Å². The van der Waals surface area contributed by atoms with Crippen LogP contribution in [0, 0.1) is 0 Å². The number of benzene rings is 11. The van der Waals surface area contributed by atoms with Crippen LogP contribution in [0.4, 0.5) is 0 Å². The smallest absolute Gasteiger partial charge is 0.164 e. The van der Waals surface area contributed by atoms with Gasteiger partial charge in [-0.05, 0) is 121 Å². The molecule has 0 radical (unpaired) electrons. The van der Waals surface area contributed by atoms with Crippen LogP contribution in [0.1, 0.15) is 0 Å². The van der Waals surface area contributed by atoms with Crippen molar-refractivity contribution in [2.45, 2.75) is 0 Å². The fraction of sp³-hybridized carbons (Fsp3) is 0. The Labute approximate surface area is 378 Å². The molecule has 0 fully saturated rings. The third-order valence-corrected chi connectivity index (χ3v) is 13.4. The topological polar surface area (TPSA) is 56.7 Å². The molecule has 3 aromatic heterocycles. The van der Waals surface area contributed by atoms with Crippen molar-refractivity contribution in [3.05, 3.63) is 218 Å². The molecule has 306 valence electrons. The SMILES string of the molecule is c1ccc(-c2cccc(-c3nc(-c4ccccc4)nc(-c4ccc(-n5c6cccc7c8ccc9ccc(-c%10ccc%11c(c%10)oc%10ccccc%10%11)cc9c8c8cccc5c8c76)cc4)n3)c2)cc1. The summed E-state index contributed by atoms with van der Waals surface area (Å²) in [6.45, 7) is 0. The summed E-state index contributed by atoms with van der Waals surface area (Å²) in [6, 6.07) is 77.5. The summed E-state index contributed by atoms with van der Waals surface area (Å²) in [7, 11) is 0. The van der Waals surface area contributed by atoms with Gasteiger partial charge in [-0.15, -0.1) is 0 Å². The summed E-state index contributed by atoms with van der Waals surface area (Å²) in [5, 5.41) is 12.3. The van der Waals surface area contributed by atoms with Crippen molar-refractivity contribution in [2.24, 2.45) is 0 Å². The van der Waals surface area contributed by atoms with Crippen LogP contribution in [-0.2, 0) is 0 Å². The fourth-order valence-electron chi connectivity index (χ4n) is 10.3. The maximum Gasteiger partial charge on any atom is 0.164 e. The number of fused-ring (bicyclic) bond motifs is 8. The molecule has 0 aliphatic carbocycles. The first kappa shape index (κ1) is 36.5. The van der Waals surface area contributed by atoms with E-state index in [9.17, 15) is 0 Å². The van der Waals surface area contributed by atoms with Gasteiger partial charge in [0.15, 0.2) is 17.5 Å². The highest BCUT2D eigenvalue weighted by Gasteiger charge is 2.22. The van der Waals surface area contributed by atoms with E-state index in [1.54, 1.807) is 0 Å². The Bertz CT molecular complexity index is 4210. The first-order chi connectivity index (χ1) is 32.7. The Balaban J connectivity index is 0.907. The molecule has 0 atom stereocenters. The van der Waals surface area contributed by atoms with Gasteiger partial charge in [0.25, 0.3) is 0 Å². The second kappa shape index (κ2) is 14.3. The van der Waals surface area contributed by atoms with Crippen molar-refractivity contribution >= 4 is 76.1 Å². The second-order valence-electron chi connectivity index (χ2n) is 17.1. The third-order valence-electron chi connectivity index (χ3n) is 13.4. The van der Waals surface area contributed by atoms with Gasteiger partial charge in [-0.1, -0.05) is 152 Å². The van der Waals surface area contributed by atoms with E-state index in [2.05, 4.69) is 174 Å². The van der Waals surface area contributed by atoms with E-state index in [0.717, 1.165) is 66.6 Å². The van der Waals surface area contributed by atoms with Gasteiger partial charge in [0.1, 0.15) is 11.2 Å². The molecule has 14 rings (SSSR count). The average Bonchev–Trinajstić information content (AvgIpc) is 3.94. The predicted octanol–water partition coefficient (Wildman–Crippen LogP) is 16.1. The lowest BCUT2D eigenvalue weighted by Gasteiger charge is -2.13. The van der Waals surface area contributed by atoms with E-state index in [-0.39, 0.29) is 0 Å². The molecule has 0 amide bonds. The summed E-state index contributed by atoms with van der Waals surface area (Å²) in [4.78, 5) is 15.2. The van der Waals surface area contributed by atoms with E-state index < -0.39 is 0 Å². The lowest BCUT2D eigenvalue weighted by atomic mass is 9.90. The molecule has 0 N–H and O–H groups in total. The van der Waals surface area contributed by atoms with Gasteiger partial charge in [-0.25, -0.2) is 15.0 Å². The summed E-state index contributed by atoms with van der Waals surface area (Å²) in [5.74, 6) is 1.89. The lowest BCUT2D eigenvalue weighted by Crippen LogP contribution is -2.00. The average molecular weight is 841 g/mol. The van der Waals surface area contributed by atoms with E-state index in [0.29, 0.717) is 17.5 Å². The highest BCUT2D eigenvalue weighted by Crippen LogP contribution is 2.46. The van der Waals surface area contributed by atoms with Crippen LogP contribution in [0.5, 0.6) is 0 Å². The number of rotatable bonds is 6. The molecule has 0 unspecified atom stereocenters. The number of hydrogen-bond donors (Lipinski definition) is 0. The molecule has 5 nitrogen and oxygen atoms in total. The standard InChI is InChI=1S/C61H36N4O/c1-3-12-37(13-4-1)41-16-9-17-44(34-41)61-63-59(39-14-5-2-6-15-39)62-60(64-61)40-26-30-45(31-27-40)65-52-21-10-19-48-49-33-28-38-24-25-42(35-51(38)56(49)50-20-11-22-53(65)58(50)57(48)52)43-29-32-47-46-18-7-8-23-54(46)66-55(47)36-43/h1-36H. The normalized spacial score (nSPS) is 11.9. The van der Waals surface area contributed by atoms with Crippen molar-refractivity contribution in [1.29, 1.82) is 0 Å². The van der Waals surface area contributed by atoms with Crippen LogP contribution < -0.4 is 0 Å². The molecule has 3 heterocycles. The molecular weight excluding hydrogens is 805 g/mol. The Morgan fingerprint density at radius 1 is 0.288 bits per heavy atom. The van der Waals surface area contributed by atoms with Gasteiger partial charge >= 0.3 is 0 Å². The molecule has 0 saturated heterocycles. The molecule has 0 aliphatic heterocycles. The van der Waals surface area contributed by atoms with Crippen molar-refractivity contribution in [2.75, 3.05) is 0 Å².